The molecule has 0 saturated heterocycles. The molecule has 3 rings (SSSR count). The average Bonchev–Trinajstić information content (AvgIpc) is 2.96. The van der Waals surface area contributed by atoms with E-state index in [1.807, 2.05) is 0 Å². The minimum Gasteiger partial charge on any atom is -0.464 e. The Bertz CT molecular complexity index is 1020. The summed E-state index contributed by atoms with van der Waals surface area (Å²) in [5.41, 5.74) is 0.879. The molecule has 1 aromatic heterocycles. The summed E-state index contributed by atoms with van der Waals surface area (Å²) < 4.78 is 4.84. The van der Waals surface area contributed by atoms with Crippen LogP contribution in [0.15, 0.2) is 24.3 Å². The van der Waals surface area contributed by atoms with Crippen LogP contribution in [0.2, 0.25) is 30.1 Å². The van der Waals surface area contributed by atoms with Gasteiger partial charge in [-0.25, -0.2) is 9.78 Å². The van der Waals surface area contributed by atoms with Gasteiger partial charge in [0.05, 0.1) is 32.1 Å². The van der Waals surface area contributed by atoms with E-state index in [1.54, 1.807) is 0 Å². The zero-order valence-electron chi connectivity index (χ0n) is 13.2. The number of ether oxygens (including phenoxy) is 1. The minimum atomic E-state index is -0.657. The first-order valence-corrected chi connectivity index (χ1v) is 10.2. The molecule has 3 nitrogen and oxygen atoms in total. The molecule has 0 radical (unpaired) electrons. The summed E-state index contributed by atoms with van der Waals surface area (Å²) in [6, 6.07) is 6.11. The summed E-state index contributed by atoms with van der Waals surface area (Å²) in [4.78, 5) is 17.1. The molecule has 0 bridgehead atoms. The SMILES string of the molecule is COC(=O)c1nc(-c2c(Cl)cc(Cl)cc2Cl)sc1-c1c(Cl)cc(Cl)cc1Cl. The maximum atomic E-state index is 12.3. The molecule has 0 fully saturated rings. The van der Waals surface area contributed by atoms with Crippen LogP contribution >= 0.6 is 80.9 Å². The molecule has 0 aliphatic carbocycles. The van der Waals surface area contributed by atoms with Gasteiger partial charge in [0, 0.05) is 21.2 Å². The Morgan fingerprint density at radius 3 is 1.74 bits per heavy atom. The summed E-state index contributed by atoms with van der Waals surface area (Å²) in [5, 5.41) is 2.24. The molecular formula is C17H7Cl6NO2S. The fourth-order valence-electron chi connectivity index (χ4n) is 2.34. The summed E-state index contributed by atoms with van der Waals surface area (Å²) in [6.07, 6.45) is 0. The predicted octanol–water partition coefficient (Wildman–Crippen LogP) is 8.18. The Balaban J connectivity index is 2.30. The van der Waals surface area contributed by atoms with Crippen molar-refractivity contribution in [2.75, 3.05) is 7.11 Å². The number of esters is 1. The molecule has 1 heterocycles. The van der Waals surface area contributed by atoms with Gasteiger partial charge in [0.2, 0.25) is 0 Å². The van der Waals surface area contributed by atoms with Crippen LogP contribution in [-0.4, -0.2) is 18.1 Å². The van der Waals surface area contributed by atoms with Crippen LogP contribution in [0, 0.1) is 0 Å². The van der Waals surface area contributed by atoms with Gasteiger partial charge in [-0.2, -0.15) is 0 Å². The number of nitrogens with zero attached hydrogens (tertiary/aromatic N) is 1. The van der Waals surface area contributed by atoms with Crippen molar-refractivity contribution in [1.82, 2.24) is 4.98 Å². The zero-order chi connectivity index (χ0) is 19.9. The first-order valence-electron chi connectivity index (χ1n) is 7.12. The average molecular weight is 502 g/mol. The number of hydrogen-bond donors (Lipinski definition) is 0. The second kappa shape index (κ2) is 8.34. The molecule has 0 unspecified atom stereocenters. The lowest BCUT2D eigenvalue weighted by molar-refractivity contribution is 0.0596. The Labute approximate surface area is 188 Å². The van der Waals surface area contributed by atoms with E-state index in [2.05, 4.69) is 4.98 Å². The normalized spacial score (nSPS) is 10.9. The van der Waals surface area contributed by atoms with E-state index in [4.69, 9.17) is 74.3 Å². The second-order valence-corrected chi connectivity index (χ2v) is 8.68. The third kappa shape index (κ3) is 4.18. The first kappa shape index (κ1) is 21.0. The summed E-state index contributed by atoms with van der Waals surface area (Å²) in [6.45, 7) is 0. The van der Waals surface area contributed by atoms with Gasteiger partial charge in [-0.05, 0) is 24.3 Å². The van der Waals surface area contributed by atoms with Crippen LogP contribution in [0.25, 0.3) is 21.0 Å². The van der Waals surface area contributed by atoms with Crippen molar-refractivity contribution in [3.05, 3.63) is 60.1 Å². The molecule has 3 aromatic rings. The number of hydrogen-bond acceptors (Lipinski definition) is 4. The third-order valence-corrected chi connectivity index (χ3v) is 6.18. The molecule has 0 N–H and O–H groups in total. The molecule has 10 heteroatoms. The second-order valence-electron chi connectivity index (χ2n) is 5.18. The summed E-state index contributed by atoms with van der Waals surface area (Å²) in [7, 11) is 1.25. The van der Waals surface area contributed by atoms with Gasteiger partial charge in [0.1, 0.15) is 5.01 Å². The molecule has 0 aliphatic rings. The van der Waals surface area contributed by atoms with E-state index in [9.17, 15) is 4.79 Å². The molecule has 0 spiro atoms. The lowest BCUT2D eigenvalue weighted by Gasteiger charge is -2.07. The van der Waals surface area contributed by atoms with Gasteiger partial charge in [0.15, 0.2) is 5.69 Å². The van der Waals surface area contributed by atoms with Crippen LogP contribution in [0.4, 0.5) is 0 Å². The number of benzene rings is 2. The molecule has 0 atom stereocenters. The van der Waals surface area contributed by atoms with Gasteiger partial charge in [-0.15, -0.1) is 11.3 Å². The Morgan fingerprint density at radius 1 is 0.852 bits per heavy atom. The lowest BCUT2D eigenvalue weighted by atomic mass is 10.1. The Hall–Kier alpha value is -0.720. The molecule has 2 aromatic carbocycles. The van der Waals surface area contributed by atoms with E-state index in [-0.39, 0.29) is 25.8 Å². The minimum absolute atomic E-state index is 0.0331. The van der Waals surface area contributed by atoms with Gasteiger partial charge in [-0.1, -0.05) is 69.6 Å². The summed E-state index contributed by atoms with van der Waals surface area (Å²) >= 11 is 38.3. The summed E-state index contributed by atoms with van der Waals surface area (Å²) in [5.74, 6) is -0.657. The highest BCUT2D eigenvalue weighted by atomic mass is 35.5. The number of carbonyl (C=O) groups is 1. The van der Waals surface area contributed by atoms with Crippen molar-refractivity contribution >= 4 is 86.9 Å². The molecular weight excluding hydrogens is 495 g/mol. The van der Waals surface area contributed by atoms with Gasteiger partial charge >= 0.3 is 5.97 Å². The fraction of sp³-hybridized carbons (Fsp3) is 0.0588. The maximum absolute atomic E-state index is 12.3. The van der Waals surface area contributed by atoms with Crippen LogP contribution in [0.1, 0.15) is 10.5 Å². The van der Waals surface area contributed by atoms with E-state index >= 15 is 0 Å². The predicted molar refractivity (Wildman–Crippen MR) is 114 cm³/mol. The van der Waals surface area contributed by atoms with Crippen LogP contribution in [-0.2, 0) is 4.74 Å². The quantitative estimate of drug-likeness (QED) is 0.339. The van der Waals surface area contributed by atoms with Crippen molar-refractivity contribution in [1.29, 1.82) is 0 Å². The van der Waals surface area contributed by atoms with Crippen molar-refractivity contribution in [2.45, 2.75) is 0 Å². The smallest absolute Gasteiger partial charge is 0.358 e. The molecule has 27 heavy (non-hydrogen) atoms. The van der Waals surface area contributed by atoms with E-state index in [0.29, 0.717) is 31.1 Å². The zero-order valence-corrected chi connectivity index (χ0v) is 18.6. The van der Waals surface area contributed by atoms with Crippen molar-refractivity contribution in [3.63, 3.8) is 0 Å². The standard InChI is InChI=1S/C17H7Cl6NO2S/c1-26-17(25)14-15(12-8(20)2-6(18)3-9(12)21)27-16(24-14)13-10(22)4-7(19)5-11(13)23/h2-5H,1H3. The maximum Gasteiger partial charge on any atom is 0.358 e. The Kier molecular flexibility index (Phi) is 6.48. The highest BCUT2D eigenvalue weighted by molar-refractivity contribution is 7.19. The number of rotatable bonds is 3. The third-order valence-electron chi connectivity index (χ3n) is 3.46. The lowest BCUT2D eigenvalue weighted by Crippen LogP contribution is -2.03. The molecule has 0 aliphatic heterocycles. The molecule has 140 valence electrons. The Morgan fingerprint density at radius 2 is 1.30 bits per heavy atom. The van der Waals surface area contributed by atoms with E-state index < -0.39 is 5.97 Å². The van der Waals surface area contributed by atoms with Crippen molar-refractivity contribution in [2.24, 2.45) is 0 Å². The fourth-order valence-corrected chi connectivity index (χ4v) is 5.76. The first-order chi connectivity index (χ1) is 12.7. The van der Waals surface area contributed by atoms with Crippen LogP contribution in [0.3, 0.4) is 0 Å². The largest absolute Gasteiger partial charge is 0.464 e. The number of methoxy groups -OCH3 is 1. The number of halogens is 6. The topological polar surface area (TPSA) is 39.2 Å². The number of carbonyl (C=O) groups excluding carboxylic acids is 1. The monoisotopic (exact) mass is 499 g/mol. The number of aromatic nitrogens is 1. The van der Waals surface area contributed by atoms with Crippen LogP contribution < -0.4 is 0 Å². The molecule has 0 amide bonds. The van der Waals surface area contributed by atoms with Crippen molar-refractivity contribution in [3.8, 4) is 21.0 Å². The van der Waals surface area contributed by atoms with Crippen molar-refractivity contribution < 1.29 is 9.53 Å². The van der Waals surface area contributed by atoms with Gasteiger partial charge < -0.3 is 4.74 Å². The van der Waals surface area contributed by atoms with Crippen LogP contribution in [0.5, 0.6) is 0 Å². The van der Waals surface area contributed by atoms with E-state index in [0.717, 1.165) is 11.3 Å². The highest BCUT2D eigenvalue weighted by Crippen LogP contribution is 2.46. The van der Waals surface area contributed by atoms with Gasteiger partial charge in [-0.3, -0.25) is 0 Å². The van der Waals surface area contributed by atoms with E-state index in [1.165, 1.54) is 31.4 Å². The van der Waals surface area contributed by atoms with Gasteiger partial charge in [0.25, 0.3) is 0 Å². The number of thiazole rings is 1. The molecule has 0 saturated carbocycles. The highest BCUT2D eigenvalue weighted by Gasteiger charge is 2.26.